The van der Waals surface area contributed by atoms with Crippen molar-refractivity contribution >= 4 is 37.6 Å². The predicted molar refractivity (Wildman–Crippen MR) is 50.0 cm³/mol. The van der Waals surface area contributed by atoms with Gasteiger partial charge in [-0.15, -0.1) is 0 Å². The van der Waals surface area contributed by atoms with Crippen LogP contribution in [0.3, 0.4) is 0 Å². The standard InChI is InChI=1S/C7H3Br2F2NO/c8-4-2-12-5(9)1-3(4)6(13)7(10)11/h1-2,7H. The molecule has 0 aliphatic rings. The number of nitrogens with zero attached hydrogens (tertiary/aromatic N) is 1. The summed E-state index contributed by atoms with van der Waals surface area (Å²) in [6.45, 7) is 0. The average Bonchev–Trinajstić information content (AvgIpc) is 2.08. The lowest BCUT2D eigenvalue weighted by atomic mass is 10.2. The summed E-state index contributed by atoms with van der Waals surface area (Å²) in [6, 6.07) is 1.25. The number of hydrogen-bond donors (Lipinski definition) is 0. The normalized spacial score (nSPS) is 10.5. The number of aromatic nitrogens is 1. The lowest BCUT2D eigenvalue weighted by molar-refractivity contribution is 0.0677. The van der Waals surface area contributed by atoms with Crippen LogP contribution in [-0.2, 0) is 0 Å². The van der Waals surface area contributed by atoms with E-state index in [1.807, 2.05) is 0 Å². The van der Waals surface area contributed by atoms with Crippen LogP contribution in [0.1, 0.15) is 10.4 Å². The van der Waals surface area contributed by atoms with Gasteiger partial charge in [-0.05, 0) is 37.9 Å². The van der Waals surface area contributed by atoms with Crippen molar-refractivity contribution in [2.24, 2.45) is 0 Å². The highest BCUT2D eigenvalue weighted by atomic mass is 79.9. The van der Waals surface area contributed by atoms with Crippen molar-refractivity contribution in [2.75, 3.05) is 0 Å². The monoisotopic (exact) mass is 313 g/mol. The summed E-state index contributed by atoms with van der Waals surface area (Å²) in [4.78, 5) is 14.6. The van der Waals surface area contributed by atoms with Gasteiger partial charge in [0.25, 0.3) is 0 Å². The molecule has 1 heterocycles. The van der Waals surface area contributed by atoms with Gasteiger partial charge in [0, 0.05) is 16.2 Å². The van der Waals surface area contributed by atoms with Gasteiger partial charge in [-0.1, -0.05) is 0 Å². The van der Waals surface area contributed by atoms with Crippen molar-refractivity contribution in [3.05, 3.63) is 26.9 Å². The van der Waals surface area contributed by atoms with E-state index in [9.17, 15) is 13.6 Å². The number of rotatable bonds is 2. The van der Waals surface area contributed by atoms with Crippen molar-refractivity contribution in [3.8, 4) is 0 Å². The fraction of sp³-hybridized carbons (Fsp3) is 0.143. The highest BCUT2D eigenvalue weighted by molar-refractivity contribution is 9.11. The molecule has 0 saturated carbocycles. The van der Waals surface area contributed by atoms with E-state index in [1.165, 1.54) is 12.3 Å². The van der Waals surface area contributed by atoms with Gasteiger partial charge in [-0.25, -0.2) is 13.8 Å². The van der Waals surface area contributed by atoms with Gasteiger partial charge in [-0.3, -0.25) is 4.79 Å². The molecule has 2 nitrogen and oxygen atoms in total. The minimum absolute atomic E-state index is 0.0723. The molecule has 1 aromatic heterocycles. The Kier molecular flexibility index (Phi) is 3.49. The topological polar surface area (TPSA) is 30.0 Å². The van der Waals surface area contributed by atoms with Crippen LogP contribution in [0.5, 0.6) is 0 Å². The molecule has 0 bridgehead atoms. The molecule has 0 aliphatic heterocycles. The van der Waals surface area contributed by atoms with Crippen molar-refractivity contribution in [2.45, 2.75) is 6.43 Å². The number of carbonyl (C=O) groups excluding carboxylic acids is 1. The Balaban J connectivity index is 3.13. The minimum atomic E-state index is -2.99. The maximum Gasteiger partial charge on any atom is 0.300 e. The molecule has 0 fully saturated rings. The van der Waals surface area contributed by atoms with Gasteiger partial charge in [0.1, 0.15) is 4.60 Å². The molecule has 0 atom stereocenters. The maximum atomic E-state index is 12.0. The van der Waals surface area contributed by atoms with Crippen LogP contribution >= 0.6 is 31.9 Å². The lowest BCUT2D eigenvalue weighted by Crippen LogP contribution is -2.11. The lowest BCUT2D eigenvalue weighted by Gasteiger charge is -2.02. The fourth-order valence-electron chi connectivity index (χ4n) is 0.720. The fourth-order valence-corrected chi connectivity index (χ4v) is 1.46. The Morgan fingerprint density at radius 3 is 2.62 bits per heavy atom. The number of halogens is 4. The van der Waals surface area contributed by atoms with E-state index in [2.05, 4.69) is 36.8 Å². The van der Waals surface area contributed by atoms with Gasteiger partial charge in [-0.2, -0.15) is 0 Å². The number of alkyl halides is 2. The van der Waals surface area contributed by atoms with Crippen molar-refractivity contribution < 1.29 is 13.6 Å². The maximum absolute atomic E-state index is 12.0. The molecule has 0 spiro atoms. The minimum Gasteiger partial charge on any atom is -0.288 e. The molecular formula is C7H3Br2F2NO. The number of ketones is 1. The first kappa shape index (κ1) is 10.7. The van der Waals surface area contributed by atoms with E-state index in [4.69, 9.17) is 0 Å². The number of carbonyl (C=O) groups is 1. The highest BCUT2D eigenvalue weighted by Gasteiger charge is 2.20. The summed E-state index contributed by atoms with van der Waals surface area (Å²) in [6.07, 6.45) is -1.70. The molecule has 0 radical (unpaired) electrons. The van der Waals surface area contributed by atoms with Crippen molar-refractivity contribution in [3.63, 3.8) is 0 Å². The van der Waals surface area contributed by atoms with Gasteiger partial charge in [0.2, 0.25) is 5.78 Å². The summed E-state index contributed by atoms with van der Waals surface area (Å²) in [5.41, 5.74) is -0.0723. The summed E-state index contributed by atoms with van der Waals surface area (Å²) >= 11 is 5.95. The molecule has 0 amide bonds. The molecular weight excluding hydrogens is 312 g/mol. The van der Waals surface area contributed by atoms with E-state index < -0.39 is 12.2 Å². The van der Waals surface area contributed by atoms with E-state index in [1.54, 1.807) is 0 Å². The Morgan fingerprint density at radius 1 is 1.46 bits per heavy atom. The molecule has 13 heavy (non-hydrogen) atoms. The molecule has 0 aromatic carbocycles. The zero-order chi connectivity index (χ0) is 10.0. The second-order valence-electron chi connectivity index (χ2n) is 2.15. The smallest absolute Gasteiger partial charge is 0.288 e. The summed E-state index contributed by atoms with van der Waals surface area (Å²) < 4.78 is 24.7. The first-order valence-corrected chi connectivity index (χ1v) is 4.74. The summed E-state index contributed by atoms with van der Waals surface area (Å²) in [7, 11) is 0. The number of hydrogen-bond acceptors (Lipinski definition) is 2. The third-order valence-corrected chi connectivity index (χ3v) is 2.35. The van der Waals surface area contributed by atoms with Crippen LogP contribution in [0, 0.1) is 0 Å². The molecule has 0 aliphatic carbocycles. The zero-order valence-corrected chi connectivity index (χ0v) is 9.27. The Bertz CT molecular complexity index is 343. The Hall–Kier alpha value is -0.360. The largest absolute Gasteiger partial charge is 0.300 e. The number of Topliss-reactive ketones (excluding diaryl/α,β-unsaturated/α-hetero) is 1. The zero-order valence-electron chi connectivity index (χ0n) is 6.10. The van der Waals surface area contributed by atoms with E-state index in [-0.39, 0.29) is 10.0 Å². The van der Waals surface area contributed by atoms with Crippen LogP contribution in [0.4, 0.5) is 8.78 Å². The van der Waals surface area contributed by atoms with Crippen LogP contribution in [0.25, 0.3) is 0 Å². The number of pyridine rings is 1. The first-order valence-electron chi connectivity index (χ1n) is 3.16. The predicted octanol–water partition coefficient (Wildman–Crippen LogP) is 3.05. The first-order chi connectivity index (χ1) is 6.02. The SMILES string of the molecule is O=C(c1cc(Br)ncc1Br)C(F)F. The van der Waals surface area contributed by atoms with Crippen LogP contribution in [0.2, 0.25) is 0 Å². The third-order valence-electron chi connectivity index (χ3n) is 1.29. The second-order valence-corrected chi connectivity index (χ2v) is 3.82. The second kappa shape index (κ2) is 4.23. The molecule has 0 unspecified atom stereocenters. The summed E-state index contributed by atoms with van der Waals surface area (Å²) in [5.74, 6) is -1.21. The van der Waals surface area contributed by atoms with Gasteiger partial charge in [0.05, 0.1) is 0 Å². The van der Waals surface area contributed by atoms with Gasteiger partial charge in [0.15, 0.2) is 0 Å². The Morgan fingerprint density at radius 2 is 2.08 bits per heavy atom. The molecule has 1 aromatic rings. The molecule has 1 rings (SSSR count). The van der Waals surface area contributed by atoms with E-state index >= 15 is 0 Å². The van der Waals surface area contributed by atoms with Gasteiger partial charge >= 0.3 is 6.43 Å². The van der Waals surface area contributed by atoms with Gasteiger partial charge < -0.3 is 0 Å². The van der Waals surface area contributed by atoms with Crippen LogP contribution < -0.4 is 0 Å². The quantitative estimate of drug-likeness (QED) is 0.620. The molecule has 6 heteroatoms. The third kappa shape index (κ3) is 2.54. The highest BCUT2D eigenvalue weighted by Crippen LogP contribution is 2.21. The summed E-state index contributed by atoms with van der Waals surface area (Å²) in [5, 5.41) is 0. The van der Waals surface area contributed by atoms with Crippen LogP contribution in [0.15, 0.2) is 21.3 Å². The van der Waals surface area contributed by atoms with E-state index in [0.717, 1.165) is 0 Å². The Labute approximate surface area is 89.6 Å². The average molecular weight is 315 g/mol. The van der Waals surface area contributed by atoms with E-state index in [0.29, 0.717) is 4.60 Å². The van der Waals surface area contributed by atoms with Crippen molar-refractivity contribution in [1.82, 2.24) is 4.98 Å². The molecule has 70 valence electrons. The molecule has 0 N–H and O–H groups in total. The van der Waals surface area contributed by atoms with Crippen molar-refractivity contribution in [1.29, 1.82) is 0 Å². The molecule has 0 saturated heterocycles. The van der Waals surface area contributed by atoms with Crippen LogP contribution in [-0.4, -0.2) is 17.2 Å².